The van der Waals surface area contributed by atoms with Gasteiger partial charge in [-0.2, -0.15) is 0 Å². The topological polar surface area (TPSA) is 9.23 Å². The zero-order chi connectivity index (χ0) is 13.9. The molecule has 4 rings (SSSR count). The maximum absolute atomic E-state index is 6.01. The number of benzene rings is 2. The van der Waals surface area contributed by atoms with Crippen LogP contribution in [0.25, 0.3) is 10.8 Å². The highest BCUT2D eigenvalue weighted by Crippen LogP contribution is 2.45. The lowest BCUT2D eigenvalue weighted by molar-refractivity contribution is 0.315. The molecule has 2 aromatic rings. The minimum atomic E-state index is 0.282. The summed E-state index contributed by atoms with van der Waals surface area (Å²) >= 11 is 0. The molecule has 2 aromatic carbocycles. The summed E-state index contributed by atoms with van der Waals surface area (Å²) in [6.45, 7) is 7.81. The molecule has 1 aliphatic carbocycles. The van der Waals surface area contributed by atoms with Gasteiger partial charge in [0.15, 0.2) is 0 Å². The van der Waals surface area contributed by atoms with Gasteiger partial charge in [-0.3, -0.25) is 0 Å². The Bertz CT molecular complexity index is 710. The SMILES string of the molecule is Cc1ccc2c3c(cc4c2c1CCO4)C(C)(C)CCC3. The van der Waals surface area contributed by atoms with Crippen molar-refractivity contribution in [2.24, 2.45) is 0 Å². The largest absolute Gasteiger partial charge is 0.493 e. The summed E-state index contributed by atoms with van der Waals surface area (Å²) in [7, 11) is 0. The quantitative estimate of drug-likeness (QED) is 0.671. The zero-order valence-corrected chi connectivity index (χ0v) is 12.7. The van der Waals surface area contributed by atoms with Crippen LogP contribution in [0.2, 0.25) is 0 Å². The molecule has 2 aliphatic rings. The van der Waals surface area contributed by atoms with Gasteiger partial charge in [0.05, 0.1) is 6.61 Å². The normalized spacial score (nSPS) is 19.6. The molecule has 0 unspecified atom stereocenters. The molecule has 0 aromatic heterocycles. The molecule has 20 heavy (non-hydrogen) atoms. The van der Waals surface area contributed by atoms with E-state index in [-0.39, 0.29) is 5.41 Å². The van der Waals surface area contributed by atoms with Crippen molar-refractivity contribution in [2.45, 2.75) is 51.9 Å². The minimum absolute atomic E-state index is 0.282. The van der Waals surface area contributed by atoms with Crippen LogP contribution in [0.15, 0.2) is 18.2 Å². The van der Waals surface area contributed by atoms with Crippen molar-refractivity contribution in [3.05, 3.63) is 40.5 Å². The molecule has 0 saturated carbocycles. The van der Waals surface area contributed by atoms with Crippen molar-refractivity contribution in [2.75, 3.05) is 6.61 Å². The van der Waals surface area contributed by atoms with Gasteiger partial charge in [0.1, 0.15) is 5.75 Å². The molecule has 0 amide bonds. The van der Waals surface area contributed by atoms with Gasteiger partial charge in [-0.05, 0) is 65.3 Å². The van der Waals surface area contributed by atoms with E-state index in [1.807, 2.05) is 0 Å². The highest BCUT2D eigenvalue weighted by Gasteiger charge is 2.31. The summed E-state index contributed by atoms with van der Waals surface area (Å²) in [5.41, 5.74) is 6.30. The number of rotatable bonds is 0. The van der Waals surface area contributed by atoms with E-state index in [4.69, 9.17) is 4.74 Å². The van der Waals surface area contributed by atoms with E-state index in [0.29, 0.717) is 0 Å². The average molecular weight is 266 g/mol. The van der Waals surface area contributed by atoms with Gasteiger partial charge >= 0.3 is 0 Å². The first kappa shape index (κ1) is 12.3. The number of ether oxygens (including phenoxy) is 1. The molecule has 104 valence electrons. The molecule has 0 atom stereocenters. The Kier molecular flexibility index (Phi) is 2.45. The third kappa shape index (κ3) is 1.55. The molecule has 0 bridgehead atoms. The van der Waals surface area contributed by atoms with Crippen LogP contribution in [0.3, 0.4) is 0 Å². The van der Waals surface area contributed by atoms with Crippen molar-refractivity contribution in [3.8, 4) is 5.75 Å². The highest BCUT2D eigenvalue weighted by atomic mass is 16.5. The first-order valence-corrected chi connectivity index (χ1v) is 7.79. The Morgan fingerprint density at radius 1 is 1.10 bits per heavy atom. The maximum Gasteiger partial charge on any atom is 0.127 e. The molecule has 1 nitrogen and oxygen atoms in total. The molecular weight excluding hydrogens is 244 g/mol. The van der Waals surface area contributed by atoms with Gasteiger partial charge in [-0.25, -0.2) is 0 Å². The third-order valence-electron chi connectivity index (χ3n) is 5.29. The van der Waals surface area contributed by atoms with E-state index >= 15 is 0 Å². The molecule has 0 N–H and O–H groups in total. The molecule has 1 aliphatic heterocycles. The lowest BCUT2D eigenvalue weighted by Crippen LogP contribution is -2.25. The summed E-state index contributed by atoms with van der Waals surface area (Å²) in [6, 6.07) is 6.97. The monoisotopic (exact) mass is 266 g/mol. The molecular formula is C19H22O. The molecule has 0 spiro atoms. The Labute approximate surface area is 120 Å². The summed E-state index contributed by atoms with van der Waals surface area (Å²) in [4.78, 5) is 0. The predicted octanol–water partition coefficient (Wildman–Crippen LogP) is 4.70. The van der Waals surface area contributed by atoms with Crippen LogP contribution in [-0.2, 0) is 18.3 Å². The average Bonchev–Trinajstić information content (AvgIpc) is 2.43. The molecule has 1 heterocycles. The summed E-state index contributed by atoms with van der Waals surface area (Å²) in [6.07, 6.45) is 4.86. The number of aryl methyl sites for hydroxylation is 2. The van der Waals surface area contributed by atoms with E-state index in [1.165, 1.54) is 46.7 Å². The predicted molar refractivity (Wildman–Crippen MR) is 83.8 cm³/mol. The van der Waals surface area contributed by atoms with E-state index in [0.717, 1.165) is 18.8 Å². The van der Waals surface area contributed by atoms with Crippen molar-refractivity contribution >= 4 is 10.8 Å². The van der Waals surface area contributed by atoms with Crippen LogP contribution in [0, 0.1) is 6.92 Å². The van der Waals surface area contributed by atoms with Crippen molar-refractivity contribution in [1.82, 2.24) is 0 Å². The van der Waals surface area contributed by atoms with Crippen LogP contribution >= 0.6 is 0 Å². The fourth-order valence-corrected chi connectivity index (χ4v) is 4.13. The Hall–Kier alpha value is -1.50. The lowest BCUT2D eigenvalue weighted by atomic mass is 9.71. The van der Waals surface area contributed by atoms with E-state index in [9.17, 15) is 0 Å². The van der Waals surface area contributed by atoms with Gasteiger partial charge in [-0.1, -0.05) is 26.0 Å². The summed E-state index contributed by atoms with van der Waals surface area (Å²) in [5.74, 6) is 1.12. The van der Waals surface area contributed by atoms with Gasteiger partial charge in [0.2, 0.25) is 0 Å². The number of hydrogen-bond donors (Lipinski definition) is 0. The Morgan fingerprint density at radius 2 is 1.95 bits per heavy atom. The van der Waals surface area contributed by atoms with Gasteiger partial charge in [-0.15, -0.1) is 0 Å². The highest BCUT2D eigenvalue weighted by molar-refractivity contribution is 5.96. The van der Waals surface area contributed by atoms with Crippen LogP contribution in [0.1, 0.15) is 48.9 Å². The third-order valence-corrected chi connectivity index (χ3v) is 5.29. The second kappa shape index (κ2) is 4.00. The first-order chi connectivity index (χ1) is 9.58. The van der Waals surface area contributed by atoms with Crippen molar-refractivity contribution < 1.29 is 4.74 Å². The summed E-state index contributed by atoms with van der Waals surface area (Å²) in [5, 5.41) is 2.85. The van der Waals surface area contributed by atoms with Crippen molar-refractivity contribution in [3.63, 3.8) is 0 Å². The van der Waals surface area contributed by atoms with Crippen LogP contribution < -0.4 is 4.74 Å². The lowest BCUT2D eigenvalue weighted by Gasteiger charge is -2.35. The first-order valence-electron chi connectivity index (χ1n) is 7.79. The molecule has 0 fully saturated rings. The maximum atomic E-state index is 6.01. The fraction of sp³-hybridized carbons (Fsp3) is 0.474. The number of hydrogen-bond acceptors (Lipinski definition) is 1. The van der Waals surface area contributed by atoms with E-state index in [1.54, 1.807) is 5.56 Å². The standard InChI is InChI=1S/C19H22O/c1-12-6-7-15-14-5-4-9-19(2,3)16(14)11-17-18(15)13(12)8-10-20-17/h6-7,11H,4-5,8-10H2,1-3H3. The van der Waals surface area contributed by atoms with Crippen LogP contribution in [0.4, 0.5) is 0 Å². The van der Waals surface area contributed by atoms with Crippen molar-refractivity contribution in [1.29, 1.82) is 0 Å². The number of fused-ring (bicyclic) bond motifs is 2. The minimum Gasteiger partial charge on any atom is -0.493 e. The van der Waals surface area contributed by atoms with E-state index in [2.05, 4.69) is 39.0 Å². The summed E-state index contributed by atoms with van der Waals surface area (Å²) < 4.78 is 6.01. The second-order valence-electron chi connectivity index (χ2n) is 7.02. The van der Waals surface area contributed by atoms with Crippen LogP contribution in [0.5, 0.6) is 5.75 Å². The Balaban J connectivity index is 2.14. The van der Waals surface area contributed by atoms with Crippen LogP contribution in [-0.4, -0.2) is 6.61 Å². The van der Waals surface area contributed by atoms with E-state index < -0.39 is 0 Å². The van der Waals surface area contributed by atoms with Gasteiger partial charge in [0.25, 0.3) is 0 Å². The molecule has 0 radical (unpaired) electrons. The Morgan fingerprint density at radius 3 is 2.80 bits per heavy atom. The fourth-order valence-electron chi connectivity index (χ4n) is 4.13. The zero-order valence-electron chi connectivity index (χ0n) is 12.7. The van der Waals surface area contributed by atoms with Gasteiger partial charge < -0.3 is 4.74 Å². The molecule has 0 saturated heterocycles. The van der Waals surface area contributed by atoms with Gasteiger partial charge in [0, 0.05) is 11.8 Å². The second-order valence-corrected chi connectivity index (χ2v) is 7.02. The smallest absolute Gasteiger partial charge is 0.127 e. The molecule has 1 heteroatoms.